The van der Waals surface area contributed by atoms with Crippen LogP contribution in [-0.2, 0) is 12.5 Å². The van der Waals surface area contributed by atoms with Crippen molar-refractivity contribution in [1.82, 2.24) is 24.7 Å². The van der Waals surface area contributed by atoms with Crippen LogP contribution in [0.3, 0.4) is 0 Å². The number of nitrogens with one attached hydrogen (secondary N) is 2. The summed E-state index contributed by atoms with van der Waals surface area (Å²) >= 11 is 0. The zero-order valence-electron chi connectivity index (χ0n) is 13.5. The Labute approximate surface area is 125 Å². The lowest BCUT2D eigenvalue weighted by Gasteiger charge is -2.20. The number of hydrogen-bond acceptors (Lipinski definition) is 6. The first-order valence-corrected chi connectivity index (χ1v) is 6.99. The maximum Gasteiger partial charge on any atom is 0.154 e. The first-order valence-electron chi connectivity index (χ1n) is 6.99. The summed E-state index contributed by atoms with van der Waals surface area (Å²) in [7, 11) is 3.78. The van der Waals surface area contributed by atoms with Gasteiger partial charge < -0.3 is 15.2 Å². The van der Waals surface area contributed by atoms with Gasteiger partial charge in [-0.15, -0.1) is 10.2 Å². The highest BCUT2D eigenvalue weighted by atomic mass is 15.3. The Bertz CT molecular complexity index is 612. The third-order valence-corrected chi connectivity index (χ3v) is 3.15. The van der Waals surface area contributed by atoms with E-state index in [1.165, 1.54) is 0 Å². The highest BCUT2D eigenvalue weighted by Crippen LogP contribution is 2.24. The minimum absolute atomic E-state index is 0.00456. The largest absolute Gasteiger partial charge is 0.373 e. The minimum Gasteiger partial charge on any atom is -0.373 e. The Morgan fingerprint density at radius 3 is 2.38 bits per heavy atom. The molecule has 0 fully saturated rings. The lowest BCUT2D eigenvalue weighted by molar-refractivity contribution is 0.546. The van der Waals surface area contributed by atoms with Crippen LogP contribution in [-0.4, -0.2) is 31.8 Å². The van der Waals surface area contributed by atoms with Crippen LogP contribution < -0.4 is 10.6 Å². The van der Waals surface area contributed by atoms with E-state index < -0.39 is 0 Å². The standard InChI is InChI=1S/C14H23N7/c1-9(12-20-16-8-21(12)6)17-11-7-10(15-5)18-13(19-11)14(2,3)4/h7-9H,1-6H3,(H2,15,17,18,19). The average molecular weight is 289 g/mol. The van der Waals surface area contributed by atoms with E-state index in [0.717, 1.165) is 23.3 Å². The van der Waals surface area contributed by atoms with E-state index in [9.17, 15) is 0 Å². The smallest absolute Gasteiger partial charge is 0.154 e. The maximum atomic E-state index is 4.61. The first kappa shape index (κ1) is 15.2. The van der Waals surface area contributed by atoms with Crippen molar-refractivity contribution in [3.63, 3.8) is 0 Å². The van der Waals surface area contributed by atoms with Crippen molar-refractivity contribution in [3.8, 4) is 0 Å². The van der Waals surface area contributed by atoms with Gasteiger partial charge >= 0.3 is 0 Å². The molecule has 7 heteroatoms. The van der Waals surface area contributed by atoms with Crippen molar-refractivity contribution in [3.05, 3.63) is 24.0 Å². The summed E-state index contributed by atoms with van der Waals surface area (Å²) in [6, 6.07) is 1.90. The van der Waals surface area contributed by atoms with Gasteiger partial charge in [0.05, 0.1) is 6.04 Å². The number of anilines is 2. The third-order valence-electron chi connectivity index (χ3n) is 3.15. The number of rotatable bonds is 4. The van der Waals surface area contributed by atoms with E-state index in [2.05, 4.69) is 51.6 Å². The van der Waals surface area contributed by atoms with Crippen LogP contribution in [0.15, 0.2) is 12.4 Å². The van der Waals surface area contributed by atoms with Crippen LogP contribution in [0.4, 0.5) is 11.6 Å². The van der Waals surface area contributed by atoms with E-state index in [1.807, 2.05) is 31.7 Å². The van der Waals surface area contributed by atoms with Gasteiger partial charge in [0, 0.05) is 25.6 Å². The van der Waals surface area contributed by atoms with Crippen LogP contribution in [0.5, 0.6) is 0 Å². The molecule has 0 aliphatic rings. The molecule has 114 valence electrons. The summed E-state index contributed by atoms with van der Waals surface area (Å²) in [5, 5.41) is 14.5. The first-order chi connectivity index (χ1) is 9.81. The predicted molar refractivity (Wildman–Crippen MR) is 83.3 cm³/mol. The molecule has 21 heavy (non-hydrogen) atoms. The molecular weight excluding hydrogens is 266 g/mol. The van der Waals surface area contributed by atoms with Crippen molar-refractivity contribution < 1.29 is 0 Å². The summed E-state index contributed by atoms with van der Waals surface area (Å²) in [5.74, 6) is 3.22. The molecule has 0 aliphatic heterocycles. The molecule has 0 aliphatic carbocycles. The van der Waals surface area contributed by atoms with Gasteiger partial charge in [-0.05, 0) is 6.92 Å². The molecule has 1 unspecified atom stereocenters. The van der Waals surface area contributed by atoms with Gasteiger partial charge in [-0.25, -0.2) is 9.97 Å². The van der Waals surface area contributed by atoms with Crippen LogP contribution in [0, 0.1) is 0 Å². The molecule has 2 heterocycles. The summed E-state index contributed by atoms with van der Waals surface area (Å²) in [4.78, 5) is 9.13. The Hall–Kier alpha value is -2.18. The van der Waals surface area contributed by atoms with E-state index in [4.69, 9.17) is 0 Å². The molecule has 0 aromatic carbocycles. The highest BCUT2D eigenvalue weighted by molar-refractivity contribution is 5.48. The topological polar surface area (TPSA) is 80.5 Å². The summed E-state index contributed by atoms with van der Waals surface area (Å²) < 4.78 is 1.89. The number of aromatic nitrogens is 5. The molecule has 2 aromatic heterocycles. The molecule has 2 rings (SSSR count). The van der Waals surface area contributed by atoms with Gasteiger partial charge in [0.25, 0.3) is 0 Å². The molecule has 0 saturated heterocycles. The monoisotopic (exact) mass is 289 g/mol. The van der Waals surface area contributed by atoms with E-state index in [-0.39, 0.29) is 11.5 Å². The van der Waals surface area contributed by atoms with Gasteiger partial charge in [-0.2, -0.15) is 0 Å². The van der Waals surface area contributed by atoms with Crippen molar-refractivity contribution in [2.75, 3.05) is 17.7 Å². The van der Waals surface area contributed by atoms with Gasteiger partial charge in [0.2, 0.25) is 0 Å². The lowest BCUT2D eigenvalue weighted by atomic mass is 9.96. The fourth-order valence-corrected chi connectivity index (χ4v) is 1.96. The highest BCUT2D eigenvalue weighted by Gasteiger charge is 2.20. The molecule has 7 nitrogen and oxygen atoms in total. The molecule has 0 radical (unpaired) electrons. The van der Waals surface area contributed by atoms with E-state index in [1.54, 1.807) is 6.33 Å². The summed E-state index contributed by atoms with van der Waals surface area (Å²) in [6.45, 7) is 8.31. The fraction of sp³-hybridized carbons (Fsp3) is 0.571. The van der Waals surface area contributed by atoms with Gasteiger partial charge in [0.1, 0.15) is 23.8 Å². The van der Waals surface area contributed by atoms with Crippen molar-refractivity contribution >= 4 is 11.6 Å². The zero-order chi connectivity index (χ0) is 15.6. The van der Waals surface area contributed by atoms with Gasteiger partial charge in [-0.1, -0.05) is 20.8 Å². The molecule has 0 spiro atoms. The quantitative estimate of drug-likeness (QED) is 0.897. The minimum atomic E-state index is -0.114. The van der Waals surface area contributed by atoms with Gasteiger partial charge in [-0.3, -0.25) is 0 Å². The third kappa shape index (κ3) is 3.48. The predicted octanol–water partition coefficient (Wildman–Crippen LogP) is 2.12. The molecule has 0 saturated carbocycles. The fourth-order valence-electron chi connectivity index (χ4n) is 1.96. The second-order valence-electron chi connectivity index (χ2n) is 6.13. The van der Waals surface area contributed by atoms with Crippen molar-refractivity contribution in [2.24, 2.45) is 7.05 Å². The number of nitrogens with zero attached hydrogens (tertiary/aromatic N) is 5. The molecule has 2 N–H and O–H groups in total. The average Bonchev–Trinajstić information content (AvgIpc) is 2.83. The van der Waals surface area contributed by atoms with E-state index >= 15 is 0 Å². The molecule has 1 atom stereocenters. The lowest BCUT2D eigenvalue weighted by Crippen LogP contribution is -2.19. The zero-order valence-corrected chi connectivity index (χ0v) is 13.5. The summed E-state index contributed by atoms with van der Waals surface area (Å²) in [5.41, 5.74) is -0.114. The maximum absolute atomic E-state index is 4.61. The molecule has 0 bridgehead atoms. The second-order valence-corrected chi connectivity index (χ2v) is 6.13. The molecule has 2 aromatic rings. The van der Waals surface area contributed by atoms with E-state index in [0.29, 0.717) is 0 Å². The SMILES string of the molecule is CNc1cc(NC(C)c2nncn2C)nc(C(C)(C)C)n1. The molecule has 0 amide bonds. The van der Waals surface area contributed by atoms with Crippen molar-refractivity contribution in [2.45, 2.75) is 39.2 Å². The summed E-state index contributed by atoms with van der Waals surface area (Å²) in [6.07, 6.45) is 1.69. The molecular formula is C14H23N7. The van der Waals surface area contributed by atoms with Gasteiger partial charge in [0.15, 0.2) is 5.82 Å². The number of aryl methyl sites for hydroxylation is 1. The van der Waals surface area contributed by atoms with Crippen LogP contribution >= 0.6 is 0 Å². The Balaban J connectivity index is 2.29. The Morgan fingerprint density at radius 1 is 1.19 bits per heavy atom. The van der Waals surface area contributed by atoms with Crippen molar-refractivity contribution in [1.29, 1.82) is 0 Å². The Morgan fingerprint density at radius 2 is 1.86 bits per heavy atom. The van der Waals surface area contributed by atoms with Crippen LogP contribution in [0.1, 0.15) is 45.4 Å². The van der Waals surface area contributed by atoms with Crippen LogP contribution in [0.25, 0.3) is 0 Å². The van der Waals surface area contributed by atoms with Crippen LogP contribution in [0.2, 0.25) is 0 Å². The normalized spacial score (nSPS) is 13.0. The Kier molecular flexibility index (Phi) is 4.11. The number of hydrogen-bond donors (Lipinski definition) is 2. The second kappa shape index (κ2) is 5.67.